The maximum Gasteiger partial charge on any atom is 0.313 e. The molecule has 0 aliphatic carbocycles. The number of carbonyl (C=O) groups is 1. The van der Waals surface area contributed by atoms with Crippen LogP contribution in [-0.4, -0.2) is 44.7 Å². The van der Waals surface area contributed by atoms with E-state index in [9.17, 15) is 4.79 Å². The lowest BCUT2D eigenvalue weighted by Crippen LogP contribution is -2.35. The molecule has 1 N–H and O–H groups in total. The van der Waals surface area contributed by atoms with Crippen LogP contribution < -0.4 is 4.90 Å². The summed E-state index contributed by atoms with van der Waals surface area (Å²) in [5, 5.41) is 17.8. The zero-order chi connectivity index (χ0) is 15.4. The summed E-state index contributed by atoms with van der Waals surface area (Å²) in [6.07, 6.45) is 0. The van der Waals surface area contributed by atoms with E-state index in [1.807, 2.05) is 25.5 Å². The van der Waals surface area contributed by atoms with Gasteiger partial charge in [-0.15, -0.1) is 10.2 Å². The van der Waals surface area contributed by atoms with Crippen molar-refractivity contribution in [2.75, 3.05) is 17.7 Å². The average Bonchev–Trinajstić information content (AvgIpc) is 2.78. The molecule has 1 heterocycles. The highest BCUT2D eigenvalue weighted by atomic mass is 32.2. The first-order valence-electron chi connectivity index (χ1n) is 6.78. The highest BCUT2D eigenvalue weighted by Gasteiger charge is 2.23. The second-order valence-corrected chi connectivity index (χ2v) is 6.47. The summed E-state index contributed by atoms with van der Waals surface area (Å²) < 4.78 is 1.99. The smallest absolute Gasteiger partial charge is 0.313 e. The molecule has 0 aliphatic rings. The fraction of sp³-hybridized carbons (Fsp3) is 0.769. The molecule has 20 heavy (non-hydrogen) atoms. The second-order valence-electron chi connectivity index (χ2n) is 5.52. The first-order valence-corrected chi connectivity index (χ1v) is 7.76. The lowest BCUT2D eigenvalue weighted by molar-refractivity contribution is -0.133. The van der Waals surface area contributed by atoms with Gasteiger partial charge in [0.1, 0.15) is 0 Å². The van der Waals surface area contributed by atoms with Crippen LogP contribution >= 0.6 is 11.8 Å². The van der Waals surface area contributed by atoms with Crippen molar-refractivity contribution in [3.63, 3.8) is 0 Å². The predicted molar refractivity (Wildman–Crippen MR) is 81.5 cm³/mol. The van der Waals surface area contributed by atoms with Crippen LogP contribution in [0.3, 0.4) is 0 Å². The van der Waals surface area contributed by atoms with Crippen LogP contribution in [0.15, 0.2) is 5.16 Å². The van der Waals surface area contributed by atoms with Gasteiger partial charge in [-0.1, -0.05) is 25.6 Å². The lowest BCUT2D eigenvalue weighted by atomic mass is 10.1. The van der Waals surface area contributed by atoms with E-state index in [1.165, 1.54) is 11.8 Å². The van der Waals surface area contributed by atoms with Gasteiger partial charge in [0.15, 0.2) is 5.16 Å². The monoisotopic (exact) mass is 300 g/mol. The minimum Gasteiger partial charge on any atom is -0.481 e. The number of carboxylic acid groups (broad SMARTS) is 1. The Kier molecular flexibility index (Phi) is 5.86. The quantitative estimate of drug-likeness (QED) is 0.780. The van der Waals surface area contributed by atoms with Gasteiger partial charge in [0.05, 0.1) is 5.75 Å². The third-order valence-electron chi connectivity index (χ3n) is 3.38. The number of aromatic nitrogens is 3. The van der Waals surface area contributed by atoms with Crippen LogP contribution in [0.25, 0.3) is 0 Å². The van der Waals surface area contributed by atoms with E-state index in [0.717, 1.165) is 5.95 Å². The number of rotatable bonds is 7. The Morgan fingerprint density at radius 3 is 2.35 bits per heavy atom. The van der Waals surface area contributed by atoms with Crippen LogP contribution in [0.4, 0.5) is 5.95 Å². The van der Waals surface area contributed by atoms with Crippen LogP contribution in [0.2, 0.25) is 0 Å². The van der Waals surface area contributed by atoms with Crippen molar-refractivity contribution >= 4 is 23.7 Å². The van der Waals surface area contributed by atoms with E-state index >= 15 is 0 Å². The Morgan fingerprint density at radius 1 is 1.30 bits per heavy atom. The van der Waals surface area contributed by atoms with Crippen molar-refractivity contribution in [1.29, 1.82) is 0 Å². The molecule has 1 unspecified atom stereocenters. The Bertz CT molecular complexity index is 459. The molecule has 0 bridgehead atoms. The van der Waals surface area contributed by atoms with Crippen LogP contribution in [0.1, 0.15) is 40.7 Å². The van der Waals surface area contributed by atoms with E-state index in [2.05, 4.69) is 35.9 Å². The number of aliphatic carboxylic acids is 1. The van der Waals surface area contributed by atoms with Gasteiger partial charge < -0.3 is 10.0 Å². The summed E-state index contributed by atoms with van der Waals surface area (Å²) in [4.78, 5) is 12.8. The molecule has 0 spiro atoms. The number of hydrogen-bond acceptors (Lipinski definition) is 5. The third-order valence-corrected chi connectivity index (χ3v) is 4.31. The normalized spacial score (nSPS) is 13.0. The molecular weight excluding hydrogens is 276 g/mol. The Labute approximate surface area is 124 Å². The maximum atomic E-state index is 10.7. The number of anilines is 1. The average molecular weight is 300 g/mol. The second kappa shape index (κ2) is 6.97. The molecule has 1 aromatic rings. The topological polar surface area (TPSA) is 71.2 Å². The van der Waals surface area contributed by atoms with E-state index in [1.54, 1.807) is 0 Å². The van der Waals surface area contributed by atoms with Gasteiger partial charge in [-0.2, -0.15) is 0 Å². The van der Waals surface area contributed by atoms with Crippen molar-refractivity contribution in [1.82, 2.24) is 14.8 Å². The van der Waals surface area contributed by atoms with Crippen LogP contribution in [0, 0.1) is 5.92 Å². The molecule has 0 fully saturated rings. The molecule has 6 nitrogen and oxygen atoms in total. The summed E-state index contributed by atoms with van der Waals surface area (Å²) in [6.45, 7) is 10.6. The van der Waals surface area contributed by atoms with Gasteiger partial charge in [-0.3, -0.25) is 9.36 Å². The molecule has 0 aliphatic heterocycles. The van der Waals surface area contributed by atoms with Crippen molar-refractivity contribution in [2.24, 2.45) is 5.92 Å². The zero-order valence-corrected chi connectivity index (χ0v) is 13.8. The molecule has 0 aromatic carbocycles. The van der Waals surface area contributed by atoms with Gasteiger partial charge in [-0.05, 0) is 26.7 Å². The molecule has 1 rings (SSSR count). The molecule has 0 amide bonds. The number of nitrogens with zero attached hydrogens (tertiary/aromatic N) is 4. The van der Waals surface area contributed by atoms with E-state index < -0.39 is 5.97 Å². The summed E-state index contributed by atoms with van der Waals surface area (Å²) in [7, 11) is 2.00. The van der Waals surface area contributed by atoms with Gasteiger partial charge in [0.25, 0.3) is 0 Å². The van der Waals surface area contributed by atoms with Crippen molar-refractivity contribution < 1.29 is 9.90 Å². The fourth-order valence-electron chi connectivity index (χ4n) is 1.82. The maximum absolute atomic E-state index is 10.7. The minimum atomic E-state index is -0.848. The molecule has 1 atom stereocenters. The number of hydrogen-bond donors (Lipinski definition) is 1. The largest absolute Gasteiger partial charge is 0.481 e. The summed E-state index contributed by atoms with van der Waals surface area (Å²) in [5.74, 6) is 0.425. The lowest BCUT2D eigenvalue weighted by Gasteiger charge is -2.29. The Hall–Kier alpha value is -1.24. The summed E-state index contributed by atoms with van der Waals surface area (Å²) >= 11 is 1.20. The van der Waals surface area contributed by atoms with E-state index in [-0.39, 0.29) is 11.8 Å². The summed E-state index contributed by atoms with van der Waals surface area (Å²) in [5.41, 5.74) is 0. The molecule has 0 saturated carbocycles. The Morgan fingerprint density at radius 2 is 1.90 bits per heavy atom. The fourth-order valence-corrected chi connectivity index (χ4v) is 2.60. The summed E-state index contributed by atoms with van der Waals surface area (Å²) in [6, 6.07) is 0.507. The van der Waals surface area contributed by atoms with E-state index in [4.69, 9.17) is 5.11 Å². The van der Waals surface area contributed by atoms with Crippen molar-refractivity contribution in [3.05, 3.63) is 0 Å². The molecule has 0 radical (unpaired) electrons. The van der Waals surface area contributed by atoms with Crippen LogP contribution in [-0.2, 0) is 4.79 Å². The highest BCUT2D eigenvalue weighted by Crippen LogP contribution is 2.27. The minimum absolute atomic E-state index is 0.00565. The highest BCUT2D eigenvalue weighted by molar-refractivity contribution is 7.99. The number of thioether (sulfide) groups is 1. The predicted octanol–water partition coefficient (Wildman–Crippen LogP) is 2.52. The standard InChI is InChI=1S/C13H24N4O2S/c1-8(2)10(5)16(6)12-14-15-13(17(12)9(3)4)20-7-11(18)19/h8-10H,7H2,1-6H3,(H,18,19). The third kappa shape index (κ3) is 3.88. The number of carboxylic acids is 1. The first kappa shape index (κ1) is 16.8. The van der Waals surface area contributed by atoms with E-state index in [0.29, 0.717) is 17.1 Å². The molecule has 114 valence electrons. The zero-order valence-electron chi connectivity index (χ0n) is 13.0. The van der Waals surface area contributed by atoms with Crippen molar-refractivity contribution in [2.45, 2.75) is 51.9 Å². The van der Waals surface area contributed by atoms with Crippen LogP contribution in [0.5, 0.6) is 0 Å². The SMILES string of the molecule is CC(C)C(C)N(C)c1nnc(SCC(=O)O)n1C(C)C. The Balaban J connectivity index is 3.05. The molecule has 0 saturated heterocycles. The molecule has 1 aromatic heterocycles. The molecular formula is C13H24N4O2S. The van der Waals surface area contributed by atoms with Crippen molar-refractivity contribution in [3.8, 4) is 0 Å². The van der Waals surface area contributed by atoms with Gasteiger partial charge in [0, 0.05) is 19.1 Å². The first-order chi connectivity index (χ1) is 9.25. The van der Waals surface area contributed by atoms with Gasteiger partial charge >= 0.3 is 5.97 Å². The van der Waals surface area contributed by atoms with Gasteiger partial charge in [0.2, 0.25) is 5.95 Å². The molecule has 7 heteroatoms. The van der Waals surface area contributed by atoms with Gasteiger partial charge in [-0.25, -0.2) is 0 Å².